The van der Waals surface area contributed by atoms with Crippen LogP contribution in [0.15, 0.2) is 24.3 Å². The van der Waals surface area contributed by atoms with Gasteiger partial charge in [0.1, 0.15) is 0 Å². The van der Waals surface area contributed by atoms with Crippen LogP contribution in [0.3, 0.4) is 0 Å². The SMILES string of the molecule is CCC(NCCC1CC1)c1ccc(Cl)cc1. The zero-order chi connectivity index (χ0) is 11.4. The smallest absolute Gasteiger partial charge is 0.0406 e. The minimum Gasteiger partial charge on any atom is -0.310 e. The largest absolute Gasteiger partial charge is 0.310 e. The van der Waals surface area contributed by atoms with Crippen molar-refractivity contribution in [3.8, 4) is 0 Å². The van der Waals surface area contributed by atoms with Gasteiger partial charge in [-0.1, -0.05) is 43.5 Å². The summed E-state index contributed by atoms with van der Waals surface area (Å²) < 4.78 is 0. The van der Waals surface area contributed by atoms with Crippen LogP contribution in [0.4, 0.5) is 0 Å². The molecule has 1 N–H and O–H groups in total. The van der Waals surface area contributed by atoms with Crippen molar-refractivity contribution in [3.63, 3.8) is 0 Å². The van der Waals surface area contributed by atoms with Crippen molar-refractivity contribution in [2.75, 3.05) is 6.54 Å². The molecule has 0 amide bonds. The van der Waals surface area contributed by atoms with Crippen LogP contribution in [0.5, 0.6) is 0 Å². The normalized spacial score (nSPS) is 17.4. The van der Waals surface area contributed by atoms with Crippen molar-refractivity contribution in [1.29, 1.82) is 0 Å². The maximum absolute atomic E-state index is 5.89. The molecule has 1 nitrogen and oxygen atoms in total. The van der Waals surface area contributed by atoms with E-state index in [4.69, 9.17) is 11.6 Å². The maximum Gasteiger partial charge on any atom is 0.0406 e. The van der Waals surface area contributed by atoms with Gasteiger partial charge in [-0.25, -0.2) is 0 Å². The summed E-state index contributed by atoms with van der Waals surface area (Å²) in [5.41, 5.74) is 1.35. The van der Waals surface area contributed by atoms with E-state index in [2.05, 4.69) is 24.4 Å². The summed E-state index contributed by atoms with van der Waals surface area (Å²) in [6.45, 7) is 3.37. The van der Waals surface area contributed by atoms with E-state index < -0.39 is 0 Å². The van der Waals surface area contributed by atoms with E-state index in [1.165, 1.54) is 24.8 Å². The van der Waals surface area contributed by atoms with Crippen LogP contribution in [-0.2, 0) is 0 Å². The lowest BCUT2D eigenvalue weighted by Gasteiger charge is -2.17. The van der Waals surface area contributed by atoms with E-state index in [1.807, 2.05) is 12.1 Å². The zero-order valence-corrected chi connectivity index (χ0v) is 10.6. The third-order valence-corrected chi connectivity index (χ3v) is 3.57. The number of rotatable bonds is 6. The van der Waals surface area contributed by atoms with Crippen molar-refractivity contribution in [1.82, 2.24) is 5.32 Å². The Morgan fingerprint density at radius 3 is 2.56 bits per heavy atom. The van der Waals surface area contributed by atoms with Crippen molar-refractivity contribution >= 4 is 11.6 Å². The first-order chi connectivity index (χ1) is 7.79. The summed E-state index contributed by atoms with van der Waals surface area (Å²) in [5.74, 6) is 1.01. The average molecular weight is 238 g/mol. The molecule has 16 heavy (non-hydrogen) atoms. The zero-order valence-electron chi connectivity index (χ0n) is 9.88. The fourth-order valence-corrected chi connectivity index (χ4v) is 2.19. The second-order valence-electron chi connectivity index (χ2n) is 4.70. The van der Waals surface area contributed by atoms with Crippen LogP contribution in [0, 0.1) is 5.92 Å². The van der Waals surface area contributed by atoms with Gasteiger partial charge in [0.05, 0.1) is 0 Å². The summed E-state index contributed by atoms with van der Waals surface area (Å²) >= 11 is 5.89. The average Bonchev–Trinajstić information content (AvgIpc) is 3.10. The molecule has 1 saturated carbocycles. The Balaban J connectivity index is 1.84. The van der Waals surface area contributed by atoms with Gasteiger partial charge >= 0.3 is 0 Å². The van der Waals surface area contributed by atoms with Gasteiger partial charge in [-0.05, 0) is 43.0 Å². The molecule has 0 bridgehead atoms. The molecule has 0 aromatic heterocycles. The molecule has 2 heteroatoms. The molecule has 1 fully saturated rings. The van der Waals surface area contributed by atoms with Crippen LogP contribution >= 0.6 is 11.6 Å². The molecule has 1 aromatic rings. The van der Waals surface area contributed by atoms with Gasteiger partial charge in [0.25, 0.3) is 0 Å². The summed E-state index contributed by atoms with van der Waals surface area (Å²) in [4.78, 5) is 0. The molecule has 1 atom stereocenters. The highest BCUT2D eigenvalue weighted by Crippen LogP contribution is 2.32. The van der Waals surface area contributed by atoms with Gasteiger partial charge in [-0.15, -0.1) is 0 Å². The Kier molecular flexibility index (Phi) is 4.25. The summed E-state index contributed by atoms with van der Waals surface area (Å²) in [7, 11) is 0. The topological polar surface area (TPSA) is 12.0 Å². The fourth-order valence-electron chi connectivity index (χ4n) is 2.06. The van der Waals surface area contributed by atoms with Gasteiger partial charge in [-0.2, -0.15) is 0 Å². The molecule has 0 spiro atoms. The van der Waals surface area contributed by atoms with Crippen molar-refractivity contribution in [2.45, 2.75) is 38.6 Å². The first-order valence-electron chi connectivity index (χ1n) is 6.28. The molecule has 1 aliphatic carbocycles. The quantitative estimate of drug-likeness (QED) is 0.783. The second kappa shape index (κ2) is 5.70. The van der Waals surface area contributed by atoms with E-state index in [0.717, 1.165) is 23.9 Å². The highest BCUT2D eigenvalue weighted by atomic mass is 35.5. The predicted molar refractivity (Wildman–Crippen MR) is 69.8 cm³/mol. The molecular formula is C14H20ClN. The van der Waals surface area contributed by atoms with E-state index in [0.29, 0.717) is 6.04 Å². The molecule has 1 aromatic carbocycles. The molecule has 1 aliphatic rings. The van der Waals surface area contributed by atoms with Gasteiger partial charge in [0.15, 0.2) is 0 Å². The number of halogens is 1. The second-order valence-corrected chi connectivity index (χ2v) is 5.13. The third kappa shape index (κ3) is 3.50. The fraction of sp³-hybridized carbons (Fsp3) is 0.571. The molecule has 0 radical (unpaired) electrons. The molecule has 0 aliphatic heterocycles. The van der Waals surface area contributed by atoms with Crippen molar-refractivity contribution in [2.24, 2.45) is 5.92 Å². The Labute approximate surface area is 103 Å². The van der Waals surface area contributed by atoms with Gasteiger partial charge in [-0.3, -0.25) is 0 Å². The van der Waals surface area contributed by atoms with Crippen LogP contribution in [-0.4, -0.2) is 6.54 Å². The van der Waals surface area contributed by atoms with Gasteiger partial charge in [0.2, 0.25) is 0 Å². The molecule has 88 valence electrons. The molecule has 1 unspecified atom stereocenters. The molecule has 0 saturated heterocycles. The highest BCUT2D eigenvalue weighted by molar-refractivity contribution is 6.30. The van der Waals surface area contributed by atoms with Crippen molar-refractivity contribution in [3.05, 3.63) is 34.9 Å². The Bertz CT molecular complexity index is 316. The van der Waals surface area contributed by atoms with E-state index in [1.54, 1.807) is 0 Å². The van der Waals surface area contributed by atoms with E-state index in [9.17, 15) is 0 Å². The summed E-state index contributed by atoms with van der Waals surface area (Å²) in [5, 5.41) is 4.45. The molecular weight excluding hydrogens is 218 g/mol. The van der Waals surface area contributed by atoms with Gasteiger partial charge < -0.3 is 5.32 Å². The Morgan fingerprint density at radius 2 is 2.00 bits per heavy atom. The highest BCUT2D eigenvalue weighted by Gasteiger charge is 2.20. The monoisotopic (exact) mass is 237 g/mol. The van der Waals surface area contributed by atoms with Crippen LogP contribution in [0.2, 0.25) is 5.02 Å². The number of benzene rings is 1. The number of hydrogen-bond donors (Lipinski definition) is 1. The first kappa shape index (κ1) is 11.9. The molecule has 0 heterocycles. The number of nitrogens with one attached hydrogen (secondary N) is 1. The first-order valence-corrected chi connectivity index (χ1v) is 6.66. The summed E-state index contributed by atoms with van der Waals surface area (Å²) in [6, 6.07) is 8.68. The lowest BCUT2D eigenvalue weighted by Crippen LogP contribution is -2.22. The minimum absolute atomic E-state index is 0.482. The summed E-state index contributed by atoms with van der Waals surface area (Å²) in [6.07, 6.45) is 5.36. The minimum atomic E-state index is 0.482. The van der Waals surface area contributed by atoms with Gasteiger partial charge in [0, 0.05) is 11.1 Å². The van der Waals surface area contributed by atoms with Crippen molar-refractivity contribution < 1.29 is 0 Å². The van der Waals surface area contributed by atoms with E-state index in [-0.39, 0.29) is 0 Å². The van der Waals surface area contributed by atoms with E-state index >= 15 is 0 Å². The number of hydrogen-bond acceptors (Lipinski definition) is 1. The predicted octanol–water partition coefficient (Wildman–Crippen LogP) is 4.18. The lowest BCUT2D eigenvalue weighted by atomic mass is 10.0. The van der Waals surface area contributed by atoms with Crippen LogP contribution in [0.1, 0.15) is 44.2 Å². The lowest BCUT2D eigenvalue weighted by molar-refractivity contribution is 0.498. The standard InChI is InChI=1S/C14H20ClN/c1-2-14(16-10-9-11-3-4-11)12-5-7-13(15)8-6-12/h5-8,11,14,16H,2-4,9-10H2,1H3. The Morgan fingerprint density at radius 1 is 1.31 bits per heavy atom. The Hall–Kier alpha value is -0.530. The third-order valence-electron chi connectivity index (χ3n) is 3.32. The van der Waals surface area contributed by atoms with Crippen LogP contribution in [0.25, 0.3) is 0 Å². The molecule has 2 rings (SSSR count). The maximum atomic E-state index is 5.89. The van der Waals surface area contributed by atoms with Crippen LogP contribution < -0.4 is 5.32 Å².